The zero-order valence-corrected chi connectivity index (χ0v) is 16.9. The second-order valence-corrected chi connectivity index (χ2v) is 8.69. The lowest BCUT2D eigenvalue weighted by molar-refractivity contribution is -0.117. The molecular formula is C15H13Cl2IN2O3S. The van der Waals surface area contributed by atoms with Crippen molar-refractivity contribution >= 4 is 67.4 Å². The molecule has 2 aromatic rings. The summed E-state index contributed by atoms with van der Waals surface area (Å²) >= 11 is 13.9. The molecule has 0 saturated heterocycles. The minimum Gasteiger partial charge on any atom is -0.325 e. The van der Waals surface area contributed by atoms with Crippen LogP contribution in [-0.4, -0.2) is 20.4 Å². The maximum absolute atomic E-state index is 12.4. The molecule has 0 radical (unpaired) electrons. The molecule has 0 fully saturated rings. The highest BCUT2D eigenvalue weighted by atomic mass is 127. The summed E-state index contributed by atoms with van der Waals surface area (Å²) < 4.78 is 28.1. The van der Waals surface area contributed by atoms with E-state index >= 15 is 0 Å². The number of nitrogens with one attached hydrogen (secondary N) is 2. The Morgan fingerprint density at radius 1 is 1.12 bits per heavy atom. The Labute approximate surface area is 163 Å². The molecule has 9 heteroatoms. The van der Waals surface area contributed by atoms with E-state index in [0.29, 0.717) is 5.69 Å². The van der Waals surface area contributed by atoms with E-state index in [1.165, 1.54) is 25.1 Å². The molecule has 128 valence electrons. The van der Waals surface area contributed by atoms with Gasteiger partial charge in [0, 0.05) is 14.3 Å². The average Bonchev–Trinajstić information content (AvgIpc) is 2.51. The van der Waals surface area contributed by atoms with Crippen molar-refractivity contribution in [2.75, 3.05) is 5.32 Å². The Bertz CT molecular complexity index is 858. The zero-order chi connectivity index (χ0) is 17.9. The average molecular weight is 499 g/mol. The molecule has 0 aromatic heterocycles. The smallest absolute Gasteiger partial charge is 0.242 e. The van der Waals surface area contributed by atoms with Crippen LogP contribution in [0.2, 0.25) is 10.0 Å². The summed E-state index contributed by atoms with van der Waals surface area (Å²) in [6.45, 7) is 1.44. The Hall–Kier alpha value is -0.870. The first-order chi connectivity index (χ1) is 11.2. The zero-order valence-electron chi connectivity index (χ0n) is 12.4. The number of hydrogen-bond acceptors (Lipinski definition) is 3. The molecule has 0 aliphatic rings. The molecule has 1 amide bonds. The molecule has 2 aromatic carbocycles. The van der Waals surface area contributed by atoms with Crippen LogP contribution < -0.4 is 10.0 Å². The quantitative estimate of drug-likeness (QED) is 0.614. The molecule has 0 unspecified atom stereocenters. The highest BCUT2D eigenvalue weighted by Gasteiger charge is 2.24. The maximum Gasteiger partial charge on any atom is 0.242 e. The summed E-state index contributed by atoms with van der Waals surface area (Å²) in [4.78, 5) is 12.0. The van der Waals surface area contributed by atoms with E-state index in [1.54, 1.807) is 12.1 Å². The predicted octanol–water partition coefficient (Wildman–Crippen LogP) is 3.90. The lowest BCUT2D eigenvalue weighted by Crippen LogP contribution is -2.41. The van der Waals surface area contributed by atoms with Crippen molar-refractivity contribution in [3.05, 3.63) is 56.1 Å². The molecule has 1 atom stereocenters. The molecule has 2 rings (SSSR count). The molecule has 5 nitrogen and oxygen atoms in total. The minimum absolute atomic E-state index is 0.0251. The summed E-state index contributed by atoms with van der Waals surface area (Å²) in [5.41, 5.74) is 0.576. The van der Waals surface area contributed by atoms with E-state index in [1.807, 2.05) is 12.1 Å². The fraction of sp³-hybridized carbons (Fsp3) is 0.133. The summed E-state index contributed by atoms with van der Waals surface area (Å²) in [5, 5.41) is 2.90. The van der Waals surface area contributed by atoms with Crippen LogP contribution in [0.15, 0.2) is 47.4 Å². The molecule has 0 spiro atoms. The van der Waals surface area contributed by atoms with Gasteiger partial charge in [0.25, 0.3) is 0 Å². The molecule has 24 heavy (non-hydrogen) atoms. The number of rotatable bonds is 5. The van der Waals surface area contributed by atoms with E-state index < -0.39 is 22.0 Å². The minimum atomic E-state index is -3.99. The van der Waals surface area contributed by atoms with Gasteiger partial charge in [0.05, 0.1) is 11.1 Å². The van der Waals surface area contributed by atoms with Gasteiger partial charge in [0.1, 0.15) is 4.90 Å². The lowest BCUT2D eigenvalue weighted by Gasteiger charge is -2.15. The molecule has 0 saturated carbocycles. The van der Waals surface area contributed by atoms with E-state index in [-0.39, 0.29) is 14.9 Å². The first-order valence-electron chi connectivity index (χ1n) is 6.73. The molecular weight excluding hydrogens is 486 g/mol. The fourth-order valence-corrected chi connectivity index (χ4v) is 4.14. The van der Waals surface area contributed by atoms with Gasteiger partial charge in [0.2, 0.25) is 15.9 Å². The normalized spacial score (nSPS) is 12.7. The van der Waals surface area contributed by atoms with Crippen LogP contribution in [0.4, 0.5) is 5.69 Å². The van der Waals surface area contributed by atoms with Crippen LogP contribution in [0.1, 0.15) is 6.92 Å². The summed E-state index contributed by atoms with van der Waals surface area (Å²) in [6.07, 6.45) is 0. The Morgan fingerprint density at radius 2 is 1.75 bits per heavy atom. The second kappa shape index (κ2) is 8.01. The van der Waals surface area contributed by atoms with Crippen molar-refractivity contribution in [1.82, 2.24) is 4.72 Å². The molecule has 2 N–H and O–H groups in total. The van der Waals surface area contributed by atoms with E-state index in [9.17, 15) is 13.2 Å². The van der Waals surface area contributed by atoms with Gasteiger partial charge >= 0.3 is 0 Å². The van der Waals surface area contributed by atoms with Gasteiger partial charge in [-0.05, 0) is 72.0 Å². The summed E-state index contributed by atoms with van der Waals surface area (Å²) in [7, 11) is -3.99. The third kappa shape index (κ3) is 5.06. The van der Waals surface area contributed by atoms with Crippen LogP contribution >= 0.6 is 45.8 Å². The van der Waals surface area contributed by atoms with Gasteiger partial charge in [-0.3, -0.25) is 4.79 Å². The number of carbonyl (C=O) groups is 1. The number of anilines is 1. The van der Waals surface area contributed by atoms with Gasteiger partial charge in [-0.15, -0.1) is 0 Å². The Balaban J connectivity index is 2.12. The van der Waals surface area contributed by atoms with Crippen molar-refractivity contribution in [2.45, 2.75) is 17.9 Å². The SMILES string of the molecule is C[C@H](NS(=O)(=O)c1cc(Cl)ccc1Cl)C(=O)Nc1ccc(I)cc1. The predicted molar refractivity (Wildman–Crippen MR) is 104 cm³/mol. The Kier molecular flexibility index (Phi) is 6.49. The number of hydrogen-bond donors (Lipinski definition) is 2. The van der Waals surface area contributed by atoms with Crippen molar-refractivity contribution in [2.24, 2.45) is 0 Å². The number of carbonyl (C=O) groups excluding carboxylic acids is 1. The van der Waals surface area contributed by atoms with Crippen LogP contribution in [0, 0.1) is 3.57 Å². The molecule has 0 heterocycles. The van der Waals surface area contributed by atoms with E-state index in [4.69, 9.17) is 23.2 Å². The van der Waals surface area contributed by atoms with Crippen LogP contribution in [0.5, 0.6) is 0 Å². The van der Waals surface area contributed by atoms with E-state index in [0.717, 1.165) is 3.57 Å². The molecule has 0 aliphatic carbocycles. The number of sulfonamides is 1. The van der Waals surface area contributed by atoms with Crippen LogP contribution in [0.3, 0.4) is 0 Å². The lowest BCUT2D eigenvalue weighted by atomic mass is 10.3. The largest absolute Gasteiger partial charge is 0.325 e. The molecule has 0 aliphatic heterocycles. The second-order valence-electron chi connectivity index (χ2n) is 4.91. The maximum atomic E-state index is 12.4. The van der Waals surface area contributed by atoms with Crippen molar-refractivity contribution < 1.29 is 13.2 Å². The van der Waals surface area contributed by atoms with Gasteiger partial charge in [-0.1, -0.05) is 23.2 Å². The van der Waals surface area contributed by atoms with Crippen molar-refractivity contribution in [1.29, 1.82) is 0 Å². The Morgan fingerprint density at radius 3 is 2.38 bits per heavy atom. The van der Waals surface area contributed by atoms with Crippen LogP contribution in [0.25, 0.3) is 0 Å². The van der Waals surface area contributed by atoms with Gasteiger partial charge < -0.3 is 5.32 Å². The van der Waals surface area contributed by atoms with Gasteiger partial charge in [-0.25, -0.2) is 8.42 Å². The summed E-state index contributed by atoms with van der Waals surface area (Å²) in [6, 6.07) is 10.2. The number of amides is 1. The standard InChI is InChI=1S/C15H13Cl2IN2O3S/c1-9(15(21)19-12-5-3-11(18)4-6-12)20-24(22,23)14-8-10(16)2-7-13(14)17/h2-9,20H,1H3,(H,19,21)/t9-/m0/s1. The first-order valence-corrected chi connectivity index (χ1v) is 10.0. The number of halogens is 3. The number of benzene rings is 2. The van der Waals surface area contributed by atoms with Crippen molar-refractivity contribution in [3.8, 4) is 0 Å². The highest BCUT2D eigenvalue weighted by Crippen LogP contribution is 2.25. The highest BCUT2D eigenvalue weighted by molar-refractivity contribution is 14.1. The fourth-order valence-electron chi connectivity index (χ4n) is 1.82. The molecule has 0 bridgehead atoms. The van der Waals surface area contributed by atoms with Gasteiger partial charge in [-0.2, -0.15) is 4.72 Å². The van der Waals surface area contributed by atoms with Crippen LogP contribution in [-0.2, 0) is 14.8 Å². The topological polar surface area (TPSA) is 75.3 Å². The van der Waals surface area contributed by atoms with E-state index in [2.05, 4.69) is 32.6 Å². The van der Waals surface area contributed by atoms with Crippen molar-refractivity contribution in [3.63, 3.8) is 0 Å². The third-order valence-electron chi connectivity index (χ3n) is 3.02. The third-order valence-corrected chi connectivity index (χ3v) is 6.00. The van der Waals surface area contributed by atoms with Gasteiger partial charge in [0.15, 0.2) is 0 Å². The summed E-state index contributed by atoms with van der Waals surface area (Å²) in [5.74, 6) is -0.488. The first kappa shape index (κ1) is 19.5. The monoisotopic (exact) mass is 498 g/mol.